The second-order valence-corrected chi connectivity index (χ2v) is 6.16. The van der Waals surface area contributed by atoms with Gasteiger partial charge in [0.25, 0.3) is 0 Å². The Morgan fingerprint density at radius 3 is 2.22 bits per heavy atom. The Labute approximate surface area is 139 Å². The number of aliphatic hydroxyl groups excluding tert-OH is 1. The van der Waals surface area contributed by atoms with Crippen LogP contribution in [0.5, 0.6) is 5.75 Å². The van der Waals surface area contributed by atoms with Gasteiger partial charge in [-0.05, 0) is 57.0 Å². The molecule has 0 aliphatic rings. The van der Waals surface area contributed by atoms with E-state index in [0.29, 0.717) is 0 Å². The van der Waals surface area contributed by atoms with E-state index in [1.54, 1.807) is 0 Å². The lowest BCUT2D eigenvalue weighted by Gasteiger charge is -2.20. The van der Waals surface area contributed by atoms with Crippen molar-refractivity contribution in [3.8, 4) is 5.75 Å². The van der Waals surface area contributed by atoms with Gasteiger partial charge in [-0.2, -0.15) is 0 Å². The van der Waals surface area contributed by atoms with E-state index in [-0.39, 0.29) is 12.1 Å². The van der Waals surface area contributed by atoms with E-state index in [4.69, 9.17) is 4.74 Å². The van der Waals surface area contributed by atoms with Crippen LogP contribution in [0.3, 0.4) is 0 Å². The van der Waals surface area contributed by atoms with Crippen LogP contribution >= 0.6 is 0 Å². The van der Waals surface area contributed by atoms with E-state index in [1.807, 2.05) is 63.2 Å². The molecule has 0 heterocycles. The minimum absolute atomic E-state index is 0.0148. The fraction of sp³-hybridized carbons (Fsp3) is 0.400. The fourth-order valence-corrected chi connectivity index (χ4v) is 2.50. The first-order valence-corrected chi connectivity index (χ1v) is 8.28. The van der Waals surface area contributed by atoms with E-state index in [2.05, 4.69) is 17.4 Å². The Hall–Kier alpha value is -1.84. The molecule has 0 fully saturated rings. The molecular weight excluding hydrogens is 286 g/mol. The molecule has 23 heavy (non-hydrogen) atoms. The van der Waals surface area contributed by atoms with Crippen LogP contribution in [0, 0.1) is 0 Å². The Kier molecular flexibility index (Phi) is 6.63. The first kappa shape index (κ1) is 17.5. The third-order valence-corrected chi connectivity index (χ3v) is 3.79. The van der Waals surface area contributed by atoms with E-state index >= 15 is 0 Å². The lowest BCUT2D eigenvalue weighted by Crippen LogP contribution is -2.33. The molecule has 0 amide bonds. The second kappa shape index (κ2) is 8.70. The maximum absolute atomic E-state index is 10.3. The Morgan fingerprint density at radius 2 is 1.61 bits per heavy atom. The van der Waals surface area contributed by atoms with E-state index in [9.17, 15) is 5.11 Å². The minimum atomic E-state index is -0.488. The van der Waals surface area contributed by atoms with Gasteiger partial charge in [0.05, 0.1) is 12.2 Å². The SMILES string of the molecule is CC(C)Oc1ccc(CCN[C@H](C)[C@H](O)c2ccccc2)cc1. The molecule has 2 rings (SSSR count). The summed E-state index contributed by atoms with van der Waals surface area (Å²) >= 11 is 0. The summed E-state index contributed by atoms with van der Waals surface area (Å²) in [7, 11) is 0. The highest BCUT2D eigenvalue weighted by molar-refractivity contribution is 5.27. The van der Waals surface area contributed by atoms with E-state index in [1.165, 1.54) is 5.56 Å². The molecule has 0 aromatic heterocycles. The van der Waals surface area contributed by atoms with Gasteiger partial charge >= 0.3 is 0 Å². The van der Waals surface area contributed by atoms with Gasteiger partial charge in [-0.15, -0.1) is 0 Å². The van der Waals surface area contributed by atoms with Crippen LogP contribution < -0.4 is 10.1 Å². The molecule has 3 nitrogen and oxygen atoms in total. The van der Waals surface area contributed by atoms with Gasteiger partial charge in [0, 0.05) is 6.04 Å². The molecule has 0 aliphatic carbocycles. The molecule has 124 valence electrons. The number of rotatable bonds is 8. The van der Waals surface area contributed by atoms with Gasteiger partial charge in [-0.25, -0.2) is 0 Å². The zero-order valence-corrected chi connectivity index (χ0v) is 14.2. The van der Waals surface area contributed by atoms with Gasteiger partial charge in [-0.3, -0.25) is 0 Å². The van der Waals surface area contributed by atoms with Crippen LogP contribution in [0.1, 0.15) is 38.0 Å². The van der Waals surface area contributed by atoms with Crippen LogP contribution in [0.25, 0.3) is 0 Å². The first-order valence-electron chi connectivity index (χ1n) is 8.28. The zero-order valence-electron chi connectivity index (χ0n) is 14.2. The maximum atomic E-state index is 10.3. The number of nitrogens with one attached hydrogen (secondary N) is 1. The third-order valence-electron chi connectivity index (χ3n) is 3.79. The maximum Gasteiger partial charge on any atom is 0.119 e. The summed E-state index contributed by atoms with van der Waals surface area (Å²) in [6.45, 7) is 6.89. The van der Waals surface area contributed by atoms with Crippen LogP contribution in [0.15, 0.2) is 54.6 Å². The third kappa shape index (κ3) is 5.70. The van der Waals surface area contributed by atoms with Gasteiger partial charge in [-0.1, -0.05) is 42.5 Å². The van der Waals surface area contributed by atoms with Gasteiger partial charge in [0.1, 0.15) is 5.75 Å². The summed E-state index contributed by atoms with van der Waals surface area (Å²) in [5.74, 6) is 0.907. The number of hydrogen-bond donors (Lipinski definition) is 2. The normalized spacial score (nSPS) is 13.8. The lowest BCUT2D eigenvalue weighted by atomic mass is 10.0. The highest BCUT2D eigenvalue weighted by atomic mass is 16.5. The fourth-order valence-electron chi connectivity index (χ4n) is 2.50. The number of aliphatic hydroxyl groups is 1. The molecule has 3 heteroatoms. The average molecular weight is 313 g/mol. The molecule has 2 atom stereocenters. The summed E-state index contributed by atoms with van der Waals surface area (Å²) in [4.78, 5) is 0. The average Bonchev–Trinajstić information content (AvgIpc) is 2.56. The standard InChI is InChI=1S/C20H27NO2/c1-15(2)23-19-11-9-17(10-12-19)13-14-21-16(3)20(22)18-7-5-4-6-8-18/h4-12,15-16,20-22H,13-14H2,1-3H3/t16-,20+/m1/s1. The van der Waals surface area contributed by atoms with Crippen molar-refractivity contribution in [2.24, 2.45) is 0 Å². The van der Waals surface area contributed by atoms with E-state index in [0.717, 1.165) is 24.3 Å². The van der Waals surface area contributed by atoms with Gasteiger partial charge < -0.3 is 15.2 Å². The van der Waals surface area contributed by atoms with Crippen LogP contribution in [-0.4, -0.2) is 23.8 Å². The quantitative estimate of drug-likeness (QED) is 0.780. The van der Waals surface area contributed by atoms with Gasteiger partial charge in [0.2, 0.25) is 0 Å². The van der Waals surface area contributed by atoms with Crippen molar-refractivity contribution in [3.63, 3.8) is 0 Å². The molecule has 0 spiro atoms. The second-order valence-electron chi connectivity index (χ2n) is 6.16. The molecule has 0 saturated carbocycles. The highest BCUT2D eigenvalue weighted by Crippen LogP contribution is 2.17. The van der Waals surface area contributed by atoms with Gasteiger partial charge in [0.15, 0.2) is 0 Å². The van der Waals surface area contributed by atoms with Crippen molar-refractivity contribution < 1.29 is 9.84 Å². The molecule has 2 N–H and O–H groups in total. The summed E-state index contributed by atoms with van der Waals surface area (Å²) in [6, 6.07) is 18.0. The molecule has 2 aromatic rings. The minimum Gasteiger partial charge on any atom is -0.491 e. The molecule has 0 radical (unpaired) electrons. The molecular formula is C20H27NO2. The molecule has 0 aliphatic heterocycles. The van der Waals surface area contributed by atoms with Crippen molar-refractivity contribution in [1.82, 2.24) is 5.32 Å². The Balaban J connectivity index is 1.78. The van der Waals surface area contributed by atoms with Crippen molar-refractivity contribution >= 4 is 0 Å². The predicted octanol–water partition coefficient (Wildman–Crippen LogP) is 3.73. The Bertz CT molecular complexity index is 566. The topological polar surface area (TPSA) is 41.5 Å². The van der Waals surface area contributed by atoms with Crippen LogP contribution in [0.4, 0.5) is 0 Å². The largest absolute Gasteiger partial charge is 0.491 e. The van der Waals surface area contributed by atoms with Crippen LogP contribution in [-0.2, 0) is 6.42 Å². The summed E-state index contributed by atoms with van der Waals surface area (Å²) in [5.41, 5.74) is 2.21. The lowest BCUT2D eigenvalue weighted by molar-refractivity contribution is 0.136. The van der Waals surface area contributed by atoms with Crippen molar-refractivity contribution in [1.29, 1.82) is 0 Å². The number of hydrogen-bond acceptors (Lipinski definition) is 3. The van der Waals surface area contributed by atoms with E-state index < -0.39 is 6.10 Å². The molecule has 0 saturated heterocycles. The predicted molar refractivity (Wildman–Crippen MR) is 94.8 cm³/mol. The van der Waals surface area contributed by atoms with Crippen molar-refractivity contribution in [2.75, 3.05) is 6.54 Å². The van der Waals surface area contributed by atoms with Crippen LogP contribution in [0.2, 0.25) is 0 Å². The zero-order chi connectivity index (χ0) is 16.7. The Morgan fingerprint density at radius 1 is 0.957 bits per heavy atom. The monoisotopic (exact) mass is 313 g/mol. The number of ether oxygens (including phenoxy) is 1. The summed E-state index contributed by atoms with van der Waals surface area (Å²) in [5, 5.41) is 13.7. The van der Waals surface area contributed by atoms with Crippen molar-refractivity contribution in [2.45, 2.75) is 45.4 Å². The summed E-state index contributed by atoms with van der Waals surface area (Å²) in [6.07, 6.45) is 0.634. The highest BCUT2D eigenvalue weighted by Gasteiger charge is 2.14. The smallest absolute Gasteiger partial charge is 0.119 e. The first-order chi connectivity index (χ1) is 11.1. The molecule has 2 aromatic carbocycles. The molecule has 0 bridgehead atoms. The number of benzene rings is 2. The van der Waals surface area contributed by atoms with Crippen molar-refractivity contribution in [3.05, 3.63) is 65.7 Å². The molecule has 0 unspecified atom stereocenters. The summed E-state index contributed by atoms with van der Waals surface area (Å²) < 4.78 is 5.64.